The number of thiazole rings is 1. The second-order valence-electron chi connectivity index (χ2n) is 9.96. The number of fused-ring (bicyclic) bond motifs is 1. The van der Waals surface area contributed by atoms with Gasteiger partial charge in [-0.2, -0.15) is 0 Å². The standard InChI is InChI=1S/C24H32N4O4S/c1-13-20(33-12-26-13)14-5-6-16-17(7-8-32-19(16)9-14)27-22(30)18-10-15(29)11-28(18)23(31)21(25)24(2,3)4/h5-6,9,12,15,17-18,21,29H,7-8,10-11,25H2,1-4H3,(H,27,30)/t15-,17?,18+,21-/m1/s1. The van der Waals surface area contributed by atoms with Crippen molar-refractivity contribution in [3.8, 4) is 16.2 Å². The van der Waals surface area contributed by atoms with Crippen LogP contribution in [-0.2, 0) is 9.59 Å². The molecule has 0 saturated carbocycles. The SMILES string of the molecule is Cc1ncsc1-c1ccc2c(c1)OCCC2NC(=O)[C@@H]1C[C@@H](O)CN1C(=O)[C@@H](N)C(C)(C)C. The van der Waals surface area contributed by atoms with E-state index in [1.807, 2.05) is 51.4 Å². The maximum Gasteiger partial charge on any atom is 0.243 e. The van der Waals surface area contributed by atoms with Crippen LogP contribution in [0, 0.1) is 12.3 Å². The smallest absolute Gasteiger partial charge is 0.243 e. The molecule has 1 saturated heterocycles. The zero-order valence-corrected chi connectivity index (χ0v) is 20.3. The van der Waals surface area contributed by atoms with Crippen LogP contribution in [0.1, 0.15) is 50.9 Å². The summed E-state index contributed by atoms with van der Waals surface area (Å²) in [5.41, 5.74) is 10.5. The molecule has 0 radical (unpaired) electrons. The lowest BCUT2D eigenvalue weighted by atomic mass is 9.86. The van der Waals surface area contributed by atoms with Crippen LogP contribution in [0.25, 0.3) is 10.4 Å². The lowest BCUT2D eigenvalue weighted by Crippen LogP contribution is -2.55. The molecule has 33 heavy (non-hydrogen) atoms. The Morgan fingerprint density at radius 1 is 1.36 bits per heavy atom. The number of nitrogens with two attached hydrogens (primary N) is 1. The highest BCUT2D eigenvalue weighted by Gasteiger charge is 2.43. The van der Waals surface area contributed by atoms with Crippen molar-refractivity contribution in [2.75, 3.05) is 13.2 Å². The lowest BCUT2D eigenvalue weighted by molar-refractivity contribution is -0.141. The van der Waals surface area contributed by atoms with Gasteiger partial charge in [-0.15, -0.1) is 11.3 Å². The highest BCUT2D eigenvalue weighted by Crippen LogP contribution is 2.37. The lowest BCUT2D eigenvalue weighted by Gasteiger charge is -2.33. The summed E-state index contributed by atoms with van der Waals surface area (Å²) < 4.78 is 5.90. The summed E-state index contributed by atoms with van der Waals surface area (Å²) in [6, 6.07) is 4.26. The fourth-order valence-corrected chi connectivity index (χ4v) is 5.19. The minimum atomic E-state index is -0.754. The van der Waals surface area contributed by atoms with Gasteiger partial charge in [0.2, 0.25) is 11.8 Å². The Morgan fingerprint density at radius 2 is 2.12 bits per heavy atom. The molecule has 0 spiro atoms. The van der Waals surface area contributed by atoms with Crippen LogP contribution in [0.5, 0.6) is 5.75 Å². The van der Waals surface area contributed by atoms with Gasteiger partial charge in [0.1, 0.15) is 11.8 Å². The molecule has 4 N–H and O–H groups in total. The number of aliphatic hydroxyl groups excluding tert-OH is 1. The van der Waals surface area contributed by atoms with Gasteiger partial charge in [0.05, 0.1) is 40.9 Å². The summed E-state index contributed by atoms with van der Waals surface area (Å²) in [6.45, 7) is 8.23. The van der Waals surface area contributed by atoms with Crippen molar-refractivity contribution in [3.63, 3.8) is 0 Å². The van der Waals surface area contributed by atoms with Gasteiger partial charge in [0.25, 0.3) is 0 Å². The maximum absolute atomic E-state index is 13.3. The van der Waals surface area contributed by atoms with Crippen LogP contribution in [-0.4, -0.2) is 58.1 Å². The molecule has 2 amide bonds. The fraction of sp³-hybridized carbons (Fsp3) is 0.542. The molecular weight excluding hydrogens is 440 g/mol. The number of aryl methyl sites for hydroxylation is 1. The normalized spacial score (nSPS) is 23.6. The summed E-state index contributed by atoms with van der Waals surface area (Å²) in [5, 5.41) is 13.3. The van der Waals surface area contributed by atoms with Gasteiger partial charge < -0.3 is 25.8 Å². The Bertz CT molecular complexity index is 1050. The molecule has 1 unspecified atom stereocenters. The van der Waals surface area contributed by atoms with Gasteiger partial charge >= 0.3 is 0 Å². The summed E-state index contributed by atoms with van der Waals surface area (Å²) in [6.07, 6.45) is 0.0836. The van der Waals surface area contributed by atoms with Crippen LogP contribution >= 0.6 is 11.3 Å². The van der Waals surface area contributed by atoms with E-state index in [0.29, 0.717) is 13.0 Å². The number of ether oxygens (including phenoxy) is 1. The number of amides is 2. The highest BCUT2D eigenvalue weighted by atomic mass is 32.1. The topological polar surface area (TPSA) is 118 Å². The van der Waals surface area contributed by atoms with Crippen molar-refractivity contribution in [1.82, 2.24) is 15.2 Å². The predicted molar refractivity (Wildman–Crippen MR) is 127 cm³/mol. The molecule has 0 aliphatic carbocycles. The molecule has 178 valence electrons. The van der Waals surface area contributed by atoms with Gasteiger partial charge in [-0.1, -0.05) is 32.9 Å². The molecule has 8 nitrogen and oxygen atoms in total. The number of rotatable bonds is 4. The van der Waals surface area contributed by atoms with E-state index < -0.39 is 23.6 Å². The highest BCUT2D eigenvalue weighted by molar-refractivity contribution is 7.13. The number of nitrogens with one attached hydrogen (secondary N) is 1. The maximum atomic E-state index is 13.3. The molecule has 3 heterocycles. The third kappa shape index (κ3) is 4.76. The third-order valence-corrected chi connectivity index (χ3v) is 7.42. The van der Waals surface area contributed by atoms with Gasteiger partial charge in [-0.05, 0) is 24.0 Å². The molecular formula is C24H32N4O4S. The second kappa shape index (κ2) is 9.04. The zero-order chi connectivity index (χ0) is 23.9. The van der Waals surface area contributed by atoms with Gasteiger partial charge in [-0.25, -0.2) is 4.98 Å². The number of aliphatic hydroxyl groups is 1. The first-order valence-corrected chi connectivity index (χ1v) is 12.2. The number of benzene rings is 1. The summed E-state index contributed by atoms with van der Waals surface area (Å²) in [4.78, 5) is 33.1. The number of β-amino-alcohol motifs (C(OH)–C–C–N with tert-alkyl or cyclic N) is 1. The fourth-order valence-electron chi connectivity index (χ4n) is 4.38. The van der Waals surface area contributed by atoms with Crippen molar-refractivity contribution in [1.29, 1.82) is 0 Å². The molecule has 9 heteroatoms. The van der Waals surface area contributed by atoms with Crippen molar-refractivity contribution in [2.24, 2.45) is 11.1 Å². The van der Waals surface area contributed by atoms with Crippen LogP contribution in [0.3, 0.4) is 0 Å². The molecule has 0 bridgehead atoms. The Morgan fingerprint density at radius 3 is 2.79 bits per heavy atom. The predicted octanol–water partition coefficient (Wildman–Crippen LogP) is 2.39. The first-order chi connectivity index (χ1) is 15.6. The van der Waals surface area contributed by atoms with E-state index in [4.69, 9.17) is 10.5 Å². The molecule has 1 fully saturated rings. The number of carbonyl (C=O) groups is 2. The molecule has 2 aliphatic rings. The van der Waals surface area contributed by atoms with Gasteiger partial charge in [-0.3, -0.25) is 9.59 Å². The number of likely N-dealkylation sites (tertiary alicyclic amines) is 1. The van der Waals surface area contributed by atoms with E-state index in [9.17, 15) is 14.7 Å². The molecule has 1 aromatic heterocycles. The van der Waals surface area contributed by atoms with Crippen molar-refractivity contribution >= 4 is 23.2 Å². The number of hydrogen-bond donors (Lipinski definition) is 3. The van der Waals surface area contributed by atoms with Crippen molar-refractivity contribution in [2.45, 2.75) is 64.8 Å². The Balaban J connectivity index is 1.52. The minimum Gasteiger partial charge on any atom is -0.493 e. The quantitative estimate of drug-likeness (QED) is 0.629. The van der Waals surface area contributed by atoms with E-state index >= 15 is 0 Å². The number of hydrogen-bond acceptors (Lipinski definition) is 7. The Kier molecular flexibility index (Phi) is 6.48. The van der Waals surface area contributed by atoms with E-state index in [1.54, 1.807) is 11.3 Å². The molecule has 2 aliphatic heterocycles. The Labute approximate surface area is 198 Å². The minimum absolute atomic E-state index is 0.114. The average molecular weight is 473 g/mol. The van der Waals surface area contributed by atoms with E-state index in [2.05, 4.69) is 10.3 Å². The zero-order valence-electron chi connectivity index (χ0n) is 19.5. The van der Waals surface area contributed by atoms with Crippen LogP contribution in [0.2, 0.25) is 0 Å². The molecule has 4 rings (SSSR count). The third-order valence-electron chi connectivity index (χ3n) is 6.44. The number of carbonyl (C=O) groups excluding carboxylic acids is 2. The molecule has 4 atom stereocenters. The summed E-state index contributed by atoms with van der Waals surface area (Å²) in [5.74, 6) is 0.156. The monoisotopic (exact) mass is 472 g/mol. The van der Waals surface area contributed by atoms with Crippen molar-refractivity contribution < 1.29 is 19.4 Å². The molecule has 2 aromatic rings. The largest absolute Gasteiger partial charge is 0.493 e. The first kappa shape index (κ1) is 23.7. The van der Waals surface area contributed by atoms with Crippen LogP contribution < -0.4 is 15.8 Å². The first-order valence-electron chi connectivity index (χ1n) is 11.3. The van der Waals surface area contributed by atoms with Crippen molar-refractivity contribution in [3.05, 3.63) is 35.0 Å². The van der Waals surface area contributed by atoms with Gasteiger partial charge in [0, 0.05) is 24.9 Å². The molecule has 1 aromatic carbocycles. The number of nitrogens with zero attached hydrogens (tertiary/aromatic N) is 2. The summed E-state index contributed by atoms with van der Waals surface area (Å²) in [7, 11) is 0. The number of aromatic nitrogens is 1. The van der Waals surface area contributed by atoms with Gasteiger partial charge in [0.15, 0.2) is 0 Å². The van der Waals surface area contributed by atoms with E-state index in [0.717, 1.165) is 27.4 Å². The van der Waals surface area contributed by atoms with E-state index in [-0.39, 0.29) is 30.8 Å². The summed E-state index contributed by atoms with van der Waals surface area (Å²) >= 11 is 1.58. The Hall–Kier alpha value is -2.49. The average Bonchev–Trinajstić information content (AvgIpc) is 3.37. The van der Waals surface area contributed by atoms with Crippen LogP contribution in [0.4, 0.5) is 0 Å². The van der Waals surface area contributed by atoms with Crippen LogP contribution in [0.15, 0.2) is 23.7 Å². The van der Waals surface area contributed by atoms with E-state index in [1.165, 1.54) is 4.90 Å². The second-order valence-corrected chi connectivity index (χ2v) is 10.8.